The second-order valence-corrected chi connectivity index (χ2v) is 2.51. The van der Waals surface area contributed by atoms with Crippen LogP contribution in [-0.4, -0.2) is 12.4 Å². The first kappa shape index (κ1) is 9.45. The summed E-state index contributed by atoms with van der Waals surface area (Å²) in [5.74, 6) is -0.590. The van der Waals surface area contributed by atoms with Crippen molar-refractivity contribution in [2.24, 2.45) is 0 Å². The smallest absolute Gasteiger partial charge is 0.345 e. The van der Waals surface area contributed by atoms with Gasteiger partial charge >= 0.3 is 12.4 Å². The number of benzene rings is 1. The van der Waals surface area contributed by atoms with E-state index in [4.69, 9.17) is 0 Å². The molecular weight excluding hydrogens is 168 g/mol. The zero-order valence-electron chi connectivity index (χ0n) is 7.32. The van der Waals surface area contributed by atoms with E-state index >= 15 is 0 Å². The van der Waals surface area contributed by atoms with Crippen molar-refractivity contribution in [3.8, 4) is 0 Å². The first-order chi connectivity index (χ1) is 6.29. The number of hydrogen-bond acceptors (Lipinski definition) is 3. The Morgan fingerprint density at radius 1 is 1.46 bits per heavy atom. The molecule has 0 saturated heterocycles. The van der Waals surface area contributed by atoms with E-state index in [0.717, 1.165) is 12.0 Å². The number of carbonyl (C=O) groups excluding carboxylic acids is 2. The topological polar surface area (TPSA) is 43.4 Å². The van der Waals surface area contributed by atoms with Crippen molar-refractivity contribution in [3.05, 3.63) is 35.4 Å². The van der Waals surface area contributed by atoms with Crippen molar-refractivity contribution in [2.75, 3.05) is 0 Å². The van der Waals surface area contributed by atoms with Gasteiger partial charge in [-0.3, -0.25) is 4.79 Å². The molecule has 0 saturated carbocycles. The van der Waals surface area contributed by atoms with Crippen LogP contribution < -0.4 is 0 Å². The summed E-state index contributed by atoms with van der Waals surface area (Å²) in [5.41, 5.74) is 1.34. The molecule has 0 fully saturated rings. The Kier molecular flexibility index (Phi) is 3.20. The lowest BCUT2D eigenvalue weighted by Gasteiger charge is -2.03. The first-order valence-electron chi connectivity index (χ1n) is 4.02. The quantitative estimate of drug-likeness (QED) is 0.401. The summed E-state index contributed by atoms with van der Waals surface area (Å²) in [7, 11) is 0. The van der Waals surface area contributed by atoms with E-state index in [1.165, 1.54) is 0 Å². The molecule has 3 heteroatoms. The Hall–Kier alpha value is -1.64. The predicted octanol–water partition coefficient (Wildman–Crippen LogP) is 1.56. The third-order valence-electron chi connectivity index (χ3n) is 1.77. The zero-order valence-corrected chi connectivity index (χ0v) is 7.32. The average molecular weight is 178 g/mol. The second kappa shape index (κ2) is 4.40. The van der Waals surface area contributed by atoms with Crippen molar-refractivity contribution in [2.45, 2.75) is 13.3 Å². The monoisotopic (exact) mass is 178 g/mol. The molecule has 1 aromatic rings. The van der Waals surface area contributed by atoms with Crippen LogP contribution in [0.15, 0.2) is 24.3 Å². The lowest BCUT2D eigenvalue weighted by atomic mass is 10.1. The lowest BCUT2D eigenvalue weighted by Crippen LogP contribution is -2.06. The van der Waals surface area contributed by atoms with Crippen molar-refractivity contribution in [1.29, 1.82) is 0 Å². The summed E-state index contributed by atoms with van der Waals surface area (Å²) >= 11 is 0. The number of rotatable bonds is 3. The van der Waals surface area contributed by atoms with Gasteiger partial charge in [-0.1, -0.05) is 25.1 Å². The van der Waals surface area contributed by atoms with E-state index in [1.807, 2.05) is 19.1 Å². The average Bonchev–Trinajstić information content (AvgIpc) is 2.18. The molecule has 0 bridgehead atoms. The molecule has 1 aromatic carbocycles. The SMILES string of the molecule is CCc1ccccc1C(=O)OC=O. The van der Waals surface area contributed by atoms with Crippen LogP contribution in [0.3, 0.4) is 0 Å². The standard InChI is InChI=1S/C10H10O3/c1-2-8-5-3-4-6-9(8)10(12)13-7-11/h3-7H,2H2,1H3. The number of esters is 1. The van der Waals surface area contributed by atoms with Gasteiger partial charge in [-0.15, -0.1) is 0 Å². The minimum absolute atomic E-state index is 0.148. The Morgan fingerprint density at radius 3 is 2.77 bits per heavy atom. The van der Waals surface area contributed by atoms with Gasteiger partial charge in [0.1, 0.15) is 0 Å². The normalized spacial score (nSPS) is 9.31. The van der Waals surface area contributed by atoms with Crippen LogP contribution in [0.2, 0.25) is 0 Å². The van der Waals surface area contributed by atoms with Gasteiger partial charge in [0.25, 0.3) is 0 Å². The highest BCUT2D eigenvalue weighted by Gasteiger charge is 2.09. The fourth-order valence-electron chi connectivity index (χ4n) is 1.13. The molecule has 3 nitrogen and oxygen atoms in total. The fourth-order valence-corrected chi connectivity index (χ4v) is 1.13. The number of carbonyl (C=O) groups is 2. The maximum Gasteiger partial charge on any atom is 0.345 e. The molecular formula is C10H10O3. The van der Waals surface area contributed by atoms with Gasteiger partial charge in [0.2, 0.25) is 0 Å². The molecule has 0 amide bonds. The first-order valence-corrected chi connectivity index (χ1v) is 4.02. The summed E-state index contributed by atoms with van der Waals surface area (Å²) in [6, 6.07) is 7.06. The summed E-state index contributed by atoms with van der Waals surface area (Å²) in [6.07, 6.45) is 0.740. The Bertz CT molecular complexity index is 318. The van der Waals surface area contributed by atoms with Gasteiger partial charge < -0.3 is 4.74 Å². The van der Waals surface area contributed by atoms with Crippen molar-refractivity contribution < 1.29 is 14.3 Å². The van der Waals surface area contributed by atoms with Crippen molar-refractivity contribution in [1.82, 2.24) is 0 Å². The summed E-state index contributed by atoms with van der Waals surface area (Å²) in [4.78, 5) is 21.1. The van der Waals surface area contributed by atoms with E-state index in [1.54, 1.807) is 12.1 Å². The largest absolute Gasteiger partial charge is 0.392 e. The third kappa shape index (κ3) is 2.15. The van der Waals surface area contributed by atoms with E-state index in [2.05, 4.69) is 4.74 Å². The molecule has 0 aromatic heterocycles. The maximum absolute atomic E-state index is 11.2. The highest BCUT2D eigenvalue weighted by Crippen LogP contribution is 2.10. The second-order valence-electron chi connectivity index (χ2n) is 2.51. The zero-order chi connectivity index (χ0) is 9.68. The van der Waals surface area contributed by atoms with E-state index in [9.17, 15) is 9.59 Å². The fraction of sp³-hybridized carbons (Fsp3) is 0.200. The molecule has 0 aliphatic carbocycles. The van der Waals surface area contributed by atoms with Crippen molar-refractivity contribution >= 4 is 12.4 Å². The number of hydrogen-bond donors (Lipinski definition) is 0. The molecule has 0 unspecified atom stereocenters. The van der Waals surface area contributed by atoms with Gasteiger partial charge in [0.05, 0.1) is 5.56 Å². The number of ether oxygens (including phenoxy) is 1. The predicted molar refractivity (Wildman–Crippen MR) is 47.3 cm³/mol. The van der Waals surface area contributed by atoms with Gasteiger partial charge in [-0.25, -0.2) is 4.79 Å². The van der Waals surface area contributed by atoms with Gasteiger partial charge in [-0.05, 0) is 18.1 Å². The molecule has 1 rings (SSSR count). The van der Waals surface area contributed by atoms with E-state index in [-0.39, 0.29) is 6.47 Å². The molecule has 0 spiro atoms. The molecule has 68 valence electrons. The Morgan fingerprint density at radius 2 is 2.15 bits per heavy atom. The maximum atomic E-state index is 11.2. The van der Waals surface area contributed by atoms with Crippen LogP contribution in [0.25, 0.3) is 0 Å². The van der Waals surface area contributed by atoms with Crippen LogP contribution in [0.1, 0.15) is 22.8 Å². The highest BCUT2D eigenvalue weighted by atomic mass is 16.6. The molecule has 0 heterocycles. The minimum Gasteiger partial charge on any atom is -0.392 e. The van der Waals surface area contributed by atoms with Gasteiger partial charge in [0.15, 0.2) is 0 Å². The summed E-state index contributed by atoms with van der Waals surface area (Å²) in [6.45, 7) is 2.09. The van der Waals surface area contributed by atoms with E-state index in [0.29, 0.717) is 5.56 Å². The van der Waals surface area contributed by atoms with Crippen molar-refractivity contribution in [3.63, 3.8) is 0 Å². The molecule has 0 aliphatic heterocycles. The third-order valence-corrected chi connectivity index (χ3v) is 1.77. The minimum atomic E-state index is -0.590. The van der Waals surface area contributed by atoms with Crippen LogP contribution in [-0.2, 0) is 16.0 Å². The van der Waals surface area contributed by atoms with Gasteiger partial charge in [0, 0.05) is 0 Å². The van der Waals surface area contributed by atoms with Crippen LogP contribution >= 0.6 is 0 Å². The van der Waals surface area contributed by atoms with Gasteiger partial charge in [-0.2, -0.15) is 0 Å². The molecule has 0 aliphatic rings. The van der Waals surface area contributed by atoms with Crippen LogP contribution in [0, 0.1) is 0 Å². The number of aryl methyl sites for hydroxylation is 1. The van der Waals surface area contributed by atoms with E-state index < -0.39 is 5.97 Å². The summed E-state index contributed by atoms with van der Waals surface area (Å²) in [5, 5.41) is 0. The van der Waals surface area contributed by atoms with Crippen LogP contribution in [0.4, 0.5) is 0 Å². The van der Waals surface area contributed by atoms with Crippen LogP contribution in [0.5, 0.6) is 0 Å². The Balaban J connectivity index is 2.98. The Labute approximate surface area is 76.3 Å². The highest BCUT2D eigenvalue weighted by molar-refractivity contribution is 5.94. The molecule has 0 N–H and O–H groups in total. The summed E-state index contributed by atoms with van der Waals surface area (Å²) < 4.78 is 4.25. The lowest BCUT2D eigenvalue weighted by molar-refractivity contribution is -0.123. The molecule has 0 atom stereocenters. The molecule has 0 radical (unpaired) electrons. The molecule has 13 heavy (non-hydrogen) atoms.